The summed E-state index contributed by atoms with van der Waals surface area (Å²) in [6.07, 6.45) is 5.23. The second kappa shape index (κ2) is 6.74. The SMILES string of the molecule is CCCC1SCC(C(=O)O)N1C(=O)CCn1ccnn1. The highest BCUT2D eigenvalue weighted by Crippen LogP contribution is 2.32. The van der Waals surface area contributed by atoms with Crippen LogP contribution in [0.15, 0.2) is 12.4 Å². The zero-order valence-corrected chi connectivity index (χ0v) is 12.1. The second-order valence-corrected chi connectivity index (χ2v) is 5.86. The van der Waals surface area contributed by atoms with Crippen molar-refractivity contribution in [2.45, 2.75) is 44.1 Å². The lowest BCUT2D eigenvalue weighted by Gasteiger charge is -2.27. The molecule has 8 heteroatoms. The first-order valence-electron chi connectivity index (χ1n) is 6.63. The summed E-state index contributed by atoms with van der Waals surface area (Å²) in [5, 5.41) is 16.7. The molecule has 1 aliphatic heterocycles. The highest BCUT2D eigenvalue weighted by molar-refractivity contribution is 8.00. The Morgan fingerprint density at radius 3 is 2.90 bits per heavy atom. The molecule has 1 fully saturated rings. The lowest BCUT2D eigenvalue weighted by atomic mass is 10.2. The van der Waals surface area contributed by atoms with Crippen molar-refractivity contribution in [1.82, 2.24) is 19.9 Å². The molecule has 1 aromatic rings. The highest BCUT2D eigenvalue weighted by Gasteiger charge is 2.40. The van der Waals surface area contributed by atoms with Crippen molar-refractivity contribution in [2.75, 3.05) is 5.75 Å². The largest absolute Gasteiger partial charge is 0.480 e. The minimum Gasteiger partial charge on any atom is -0.480 e. The Bertz CT molecular complexity index is 465. The van der Waals surface area contributed by atoms with Crippen LogP contribution in [0, 0.1) is 0 Å². The van der Waals surface area contributed by atoms with Gasteiger partial charge in [0.1, 0.15) is 6.04 Å². The predicted molar refractivity (Wildman–Crippen MR) is 74.1 cm³/mol. The summed E-state index contributed by atoms with van der Waals surface area (Å²) in [6.45, 7) is 2.46. The molecule has 1 saturated heterocycles. The molecule has 1 N–H and O–H groups in total. The number of aryl methyl sites for hydroxylation is 1. The molecule has 0 saturated carbocycles. The monoisotopic (exact) mass is 298 g/mol. The van der Waals surface area contributed by atoms with E-state index in [-0.39, 0.29) is 17.7 Å². The minimum absolute atomic E-state index is 0.0238. The van der Waals surface area contributed by atoms with Gasteiger partial charge in [-0.1, -0.05) is 18.6 Å². The number of carbonyl (C=O) groups excluding carboxylic acids is 1. The number of aliphatic carboxylic acids is 1. The number of carbonyl (C=O) groups is 2. The van der Waals surface area contributed by atoms with E-state index >= 15 is 0 Å². The van der Waals surface area contributed by atoms with Gasteiger partial charge in [0.25, 0.3) is 0 Å². The molecule has 2 atom stereocenters. The number of rotatable bonds is 6. The molecule has 0 spiro atoms. The van der Waals surface area contributed by atoms with Crippen LogP contribution in [0.25, 0.3) is 0 Å². The number of carboxylic acid groups (broad SMARTS) is 1. The molecule has 20 heavy (non-hydrogen) atoms. The Morgan fingerprint density at radius 1 is 1.50 bits per heavy atom. The van der Waals surface area contributed by atoms with E-state index in [9.17, 15) is 14.7 Å². The van der Waals surface area contributed by atoms with E-state index in [0.717, 1.165) is 12.8 Å². The van der Waals surface area contributed by atoms with Crippen molar-refractivity contribution in [3.8, 4) is 0 Å². The van der Waals surface area contributed by atoms with Gasteiger partial charge in [-0.2, -0.15) is 0 Å². The molecule has 0 aliphatic carbocycles. The number of hydrogen-bond donors (Lipinski definition) is 1. The fourth-order valence-corrected chi connectivity index (χ4v) is 3.78. The number of aromatic nitrogens is 3. The van der Waals surface area contributed by atoms with Crippen LogP contribution in [0.5, 0.6) is 0 Å². The van der Waals surface area contributed by atoms with Gasteiger partial charge in [-0.15, -0.1) is 16.9 Å². The summed E-state index contributed by atoms with van der Waals surface area (Å²) in [5.41, 5.74) is 0. The molecular formula is C12H18N4O3S. The van der Waals surface area contributed by atoms with Gasteiger partial charge in [0, 0.05) is 18.4 Å². The van der Waals surface area contributed by atoms with Crippen LogP contribution < -0.4 is 0 Å². The van der Waals surface area contributed by atoms with Crippen molar-refractivity contribution in [1.29, 1.82) is 0 Å². The van der Waals surface area contributed by atoms with E-state index in [1.54, 1.807) is 28.8 Å². The Kier molecular flexibility index (Phi) is 4.99. The summed E-state index contributed by atoms with van der Waals surface area (Å²) in [6, 6.07) is -0.709. The van der Waals surface area contributed by atoms with Gasteiger partial charge >= 0.3 is 5.97 Å². The van der Waals surface area contributed by atoms with Gasteiger partial charge in [0.05, 0.1) is 18.1 Å². The summed E-state index contributed by atoms with van der Waals surface area (Å²) in [4.78, 5) is 25.1. The van der Waals surface area contributed by atoms with E-state index in [4.69, 9.17) is 0 Å². The Hall–Kier alpha value is -1.57. The molecule has 1 aromatic heterocycles. The lowest BCUT2D eigenvalue weighted by molar-refractivity contribution is -0.149. The third kappa shape index (κ3) is 3.30. The average Bonchev–Trinajstić information content (AvgIpc) is 3.05. The van der Waals surface area contributed by atoms with E-state index < -0.39 is 12.0 Å². The van der Waals surface area contributed by atoms with Gasteiger partial charge in [0.2, 0.25) is 5.91 Å². The first-order chi connectivity index (χ1) is 9.63. The molecule has 0 aromatic carbocycles. The van der Waals surface area contributed by atoms with Crippen LogP contribution in [0.3, 0.4) is 0 Å². The van der Waals surface area contributed by atoms with Crippen LogP contribution >= 0.6 is 11.8 Å². The fourth-order valence-electron chi connectivity index (χ4n) is 2.25. The van der Waals surface area contributed by atoms with E-state index in [0.29, 0.717) is 12.3 Å². The lowest BCUT2D eigenvalue weighted by Crippen LogP contribution is -2.45. The molecule has 2 heterocycles. The quantitative estimate of drug-likeness (QED) is 0.836. The number of carboxylic acids is 1. The maximum Gasteiger partial charge on any atom is 0.327 e. The van der Waals surface area contributed by atoms with Crippen LogP contribution in [0.4, 0.5) is 0 Å². The normalized spacial score (nSPS) is 22.1. The van der Waals surface area contributed by atoms with Gasteiger partial charge in [-0.05, 0) is 6.42 Å². The van der Waals surface area contributed by atoms with Crippen LogP contribution in [0.2, 0.25) is 0 Å². The zero-order chi connectivity index (χ0) is 14.5. The first kappa shape index (κ1) is 14.8. The summed E-state index contributed by atoms with van der Waals surface area (Å²) in [5.74, 6) is -0.587. The average molecular weight is 298 g/mol. The van der Waals surface area contributed by atoms with E-state index in [2.05, 4.69) is 10.3 Å². The molecule has 0 bridgehead atoms. The Labute approximate surface area is 121 Å². The standard InChI is InChI=1S/C12H18N4O3S/c1-2-3-11-16(9(8-20-11)12(18)19)10(17)4-6-15-7-5-13-14-15/h5,7,9,11H,2-4,6,8H2,1H3,(H,18,19). The van der Waals surface area contributed by atoms with E-state index in [1.165, 1.54) is 4.90 Å². The highest BCUT2D eigenvalue weighted by atomic mass is 32.2. The number of amides is 1. The summed E-state index contributed by atoms with van der Waals surface area (Å²) >= 11 is 1.55. The maximum atomic E-state index is 12.3. The number of nitrogens with zero attached hydrogens (tertiary/aromatic N) is 4. The van der Waals surface area contributed by atoms with Crippen LogP contribution in [-0.2, 0) is 16.1 Å². The topological polar surface area (TPSA) is 88.3 Å². The predicted octanol–water partition coefficient (Wildman–Crippen LogP) is 0.823. The molecule has 110 valence electrons. The third-order valence-electron chi connectivity index (χ3n) is 3.23. The molecule has 1 amide bonds. The molecule has 0 radical (unpaired) electrons. The Balaban J connectivity index is 2.00. The molecule has 7 nitrogen and oxygen atoms in total. The maximum absolute atomic E-state index is 12.3. The van der Waals surface area contributed by atoms with Crippen molar-refractivity contribution in [3.05, 3.63) is 12.4 Å². The van der Waals surface area contributed by atoms with Crippen molar-refractivity contribution in [2.24, 2.45) is 0 Å². The molecular weight excluding hydrogens is 280 g/mol. The zero-order valence-electron chi connectivity index (χ0n) is 11.3. The first-order valence-corrected chi connectivity index (χ1v) is 7.68. The molecule has 1 aliphatic rings. The minimum atomic E-state index is -0.926. The fraction of sp³-hybridized carbons (Fsp3) is 0.667. The van der Waals surface area contributed by atoms with Gasteiger partial charge in [-0.3, -0.25) is 9.48 Å². The van der Waals surface area contributed by atoms with Crippen molar-refractivity contribution in [3.63, 3.8) is 0 Å². The number of hydrogen-bond acceptors (Lipinski definition) is 5. The van der Waals surface area contributed by atoms with Gasteiger partial charge in [0.15, 0.2) is 0 Å². The van der Waals surface area contributed by atoms with E-state index in [1.807, 2.05) is 6.92 Å². The van der Waals surface area contributed by atoms with Gasteiger partial charge in [-0.25, -0.2) is 4.79 Å². The van der Waals surface area contributed by atoms with Crippen molar-refractivity contribution < 1.29 is 14.7 Å². The smallest absolute Gasteiger partial charge is 0.327 e. The Morgan fingerprint density at radius 2 is 2.30 bits per heavy atom. The summed E-state index contributed by atoms with van der Waals surface area (Å²) < 4.78 is 1.58. The molecule has 2 rings (SSSR count). The van der Waals surface area contributed by atoms with Crippen LogP contribution in [0.1, 0.15) is 26.2 Å². The third-order valence-corrected chi connectivity index (χ3v) is 4.58. The summed E-state index contributed by atoms with van der Waals surface area (Å²) in [7, 11) is 0. The van der Waals surface area contributed by atoms with Crippen LogP contribution in [-0.4, -0.2) is 54.0 Å². The second-order valence-electron chi connectivity index (χ2n) is 4.65. The van der Waals surface area contributed by atoms with Crippen molar-refractivity contribution >= 4 is 23.6 Å². The van der Waals surface area contributed by atoms with Gasteiger partial charge < -0.3 is 10.0 Å². The number of thioether (sulfide) groups is 1. The molecule has 2 unspecified atom stereocenters.